The molecule has 0 saturated carbocycles. The molecule has 1 aromatic heterocycles. The number of methoxy groups -OCH3 is 1. The van der Waals surface area contributed by atoms with Crippen molar-refractivity contribution < 1.29 is 14.7 Å². The third-order valence-electron chi connectivity index (χ3n) is 3.75. The van der Waals surface area contributed by atoms with Crippen molar-refractivity contribution in [1.29, 1.82) is 0 Å². The van der Waals surface area contributed by atoms with Crippen LogP contribution in [0.4, 0.5) is 0 Å². The molecule has 1 heterocycles. The monoisotopic (exact) mass is 340 g/mol. The highest BCUT2D eigenvalue weighted by molar-refractivity contribution is 5.65. The standard InChI is InChI=1S/C18H16N2O5/c1-19-17(11-16(21)20(23)18(19)22)25-15-9-5-13(6-10-15)12-3-7-14(24-2)8-4-12/h3-11,23H,1-2H3. The molecule has 0 unspecified atom stereocenters. The molecule has 2 aromatic carbocycles. The Bertz CT molecular complexity index is 1000. The minimum absolute atomic E-state index is 0.0274. The van der Waals surface area contributed by atoms with Gasteiger partial charge >= 0.3 is 5.69 Å². The summed E-state index contributed by atoms with van der Waals surface area (Å²) in [5, 5.41) is 9.28. The first-order valence-corrected chi connectivity index (χ1v) is 7.44. The largest absolute Gasteiger partial charge is 0.497 e. The second-order valence-electron chi connectivity index (χ2n) is 5.33. The summed E-state index contributed by atoms with van der Waals surface area (Å²) in [6.45, 7) is 0. The van der Waals surface area contributed by atoms with Crippen LogP contribution in [-0.2, 0) is 7.05 Å². The van der Waals surface area contributed by atoms with Crippen LogP contribution in [-0.4, -0.2) is 21.6 Å². The quantitative estimate of drug-likeness (QED) is 0.737. The van der Waals surface area contributed by atoms with Crippen molar-refractivity contribution in [3.8, 4) is 28.5 Å². The van der Waals surface area contributed by atoms with Crippen molar-refractivity contribution in [3.05, 3.63) is 75.4 Å². The Morgan fingerprint density at radius 1 is 0.880 bits per heavy atom. The Morgan fingerprint density at radius 2 is 1.40 bits per heavy atom. The molecule has 0 aliphatic rings. The molecule has 7 heteroatoms. The molecule has 1 N–H and O–H groups in total. The fraction of sp³-hybridized carbons (Fsp3) is 0.111. The third kappa shape index (κ3) is 3.25. The van der Waals surface area contributed by atoms with Crippen molar-refractivity contribution in [2.75, 3.05) is 7.11 Å². The number of hydrogen-bond donors (Lipinski definition) is 1. The molecule has 0 saturated heterocycles. The van der Waals surface area contributed by atoms with Gasteiger partial charge in [-0.2, -0.15) is 0 Å². The highest BCUT2D eigenvalue weighted by Gasteiger charge is 2.09. The van der Waals surface area contributed by atoms with Gasteiger partial charge in [0.15, 0.2) is 0 Å². The summed E-state index contributed by atoms with van der Waals surface area (Å²) < 4.78 is 11.8. The van der Waals surface area contributed by atoms with E-state index in [1.165, 1.54) is 7.05 Å². The van der Waals surface area contributed by atoms with Crippen LogP contribution >= 0.6 is 0 Å². The predicted molar refractivity (Wildman–Crippen MR) is 91.6 cm³/mol. The lowest BCUT2D eigenvalue weighted by Crippen LogP contribution is -2.37. The Kier molecular flexibility index (Phi) is 4.30. The summed E-state index contributed by atoms with van der Waals surface area (Å²) >= 11 is 0. The van der Waals surface area contributed by atoms with Crippen LogP contribution in [0.15, 0.2) is 64.2 Å². The highest BCUT2D eigenvalue weighted by Crippen LogP contribution is 2.26. The second-order valence-corrected chi connectivity index (χ2v) is 5.33. The van der Waals surface area contributed by atoms with E-state index < -0.39 is 11.2 Å². The molecule has 0 atom stereocenters. The number of aromatic nitrogens is 2. The van der Waals surface area contributed by atoms with E-state index in [0.717, 1.165) is 27.5 Å². The van der Waals surface area contributed by atoms with E-state index in [0.29, 0.717) is 5.75 Å². The molecule has 3 rings (SSSR count). The average Bonchev–Trinajstić information content (AvgIpc) is 2.65. The van der Waals surface area contributed by atoms with Crippen LogP contribution in [0.2, 0.25) is 0 Å². The zero-order valence-electron chi connectivity index (χ0n) is 13.7. The van der Waals surface area contributed by atoms with Gasteiger partial charge in [0.1, 0.15) is 11.5 Å². The van der Waals surface area contributed by atoms with Crippen LogP contribution in [0.1, 0.15) is 0 Å². The van der Waals surface area contributed by atoms with E-state index in [-0.39, 0.29) is 10.6 Å². The summed E-state index contributed by atoms with van der Waals surface area (Å²) in [4.78, 5) is 23.2. The maximum atomic E-state index is 11.7. The van der Waals surface area contributed by atoms with E-state index in [9.17, 15) is 14.8 Å². The van der Waals surface area contributed by atoms with Crippen LogP contribution in [0.5, 0.6) is 17.4 Å². The maximum absolute atomic E-state index is 11.7. The van der Waals surface area contributed by atoms with Gasteiger partial charge in [-0.3, -0.25) is 9.36 Å². The van der Waals surface area contributed by atoms with Gasteiger partial charge in [-0.1, -0.05) is 29.0 Å². The predicted octanol–water partition coefficient (Wildman–Crippen LogP) is 2.25. The molecule has 0 bridgehead atoms. The summed E-state index contributed by atoms with van der Waals surface area (Å²) in [6.07, 6.45) is 0. The second kappa shape index (κ2) is 6.56. The van der Waals surface area contributed by atoms with Crippen molar-refractivity contribution in [3.63, 3.8) is 0 Å². The molecule has 0 spiro atoms. The molecule has 7 nitrogen and oxygen atoms in total. The SMILES string of the molecule is COc1ccc(-c2ccc(Oc3cc(=O)n(O)c(=O)n3C)cc2)cc1. The molecule has 0 aliphatic carbocycles. The van der Waals surface area contributed by atoms with Crippen molar-refractivity contribution in [1.82, 2.24) is 9.30 Å². The van der Waals surface area contributed by atoms with Crippen LogP contribution in [0.3, 0.4) is 0 Å². The van der Waals surface area contributed by atoms with E-state index in [1.54, 1.807) is 19.2 Å². The Morgan fingerprint density at radius 3 is 1.92 bits per heavy atom. The smallest absolute Gasteiger partial charge is 0.366 e. The van der Waals surface area contributed by atoms with Crippen LogP contribution in [0, 0.1) is 0 Å². The lowest BCUT2D eigenvalue weighted by atomic mass is 10.1. The highest BCUT2D eigenvalue weighted by atomic mass is 16.5. The Hall–Kier alpha value is -3.48. The summed E-state index contributed by atoms with van der Waals surface area (Å²) in [7, 11) is 3.01. The molecule has 0 aliphatic heterocycles. The van der Waals surface area contributed by atoms with Crippen molar-refractivity contribution in [2.45, 2.75) is 0 Å². The number of rotatable bonds is 4. The fourth-order valence-electron chi connectivity index (χ4n) is 2.31. The first kappa shape index (κ1) is 16.4. The molecular weight excluding hydrogens is 324 g/mol. The van der Waals surface area contributed by atoms with E-state index >= 15 is 0 Å². The summed E-state index contributed by atoms with van der Waals surface area (Å²) in [5.74, 6) is 1.28. The topological polar surface area (TPSA) is 82.7 Å². The molecule has 128 valence electrons. The summed E-state index contributed by atoms with van der Waals surface area (Å²) in [5.41, 5.74) is 0.266. The van der Waals surface area contributed by atoms with Gasteiger partial charge in [-0.05, 0) is 35.4 Å². The molecule has 0 amide bonds. The van der Waals surface area contributed by atoms with E-state index in [2.05, 4.69) is 0 Å². The van der Waals surface area contributed by atoms with Crippen LogP contribution < -0.4 is 20.7 Å². The maximum Gasteiger partial charge on any atom is 0.366 e. The van der Waals surface area contributed by atoms with Gasteiger partial charge in [-0.25, -0.2) is 4.79 Å². The lowest BCUT2D eigenvalue weighted by molar-refractivity contribution is 0.153. The molecule has 3 aromatic rings. The zero-order chi connectivity index (χ0) is 18.0. The first-order valence-electron chi connectivity index (χ1n) is 7.44. The molecule has 25 heavy (non-hydrogen) atoms. The third-order valence-corrected chi connectivity index (χ3v) is 3.75. The number of benzene rings is 2. The average molecular weight is 340 g/mol. The Balaban J connectivity index is 1.86. The van der Waals surface area contributed by atoms with E-state index in [1.807, 2.05) is 36.4 Å². The normalized spacial score (nSPS) is 10.5. The van der Waals surface area contributed by atoms with Crippen molar-refractivity contribution in [2.24, 2.45) is 7.05 Å². The van der Waals surface area contributed by atoms with Crippen LogP contribution in [0.25, 0.3) is 11.1 Å². The van der Waals surface area contributed by atoms with Gasteiger partial charge in [0, 0.05) is 7.05 Å². The fourth-order valence-corrected chi connectivity index (χ4v) is 2.31. The number of nitrogens with zero attached hydrogens (tertiary/aromatic N) is 2. The van der Waals surface area contributed by atoms with Crippen molar-refractivity contribution >= 4 is 0 Å². The minimum Gasteiger partial charge on any atom is -0.497 e. The van der Waals surface area contributed by atoms with E-state index in [4.69, 9.17) is 9.47 Å². The molecule has 0 radical (unpaired) electrons. The number of ether oxygens (including phenoxy) is 2. The molecular formula is C18H16N2O5. The summed E-state index contributed by atoms with van der Waals surface area (Å²) in [6, 6.07) is 15.9. The first-order chi connectivity index (χ1) is 12.0. The van der Waals surface area contributed by atoms with Gasteiger partial charge in [0.2, 0.25) is 5.88 Å². The Labute approximate surface area is 142 Å². The van der Waals surface area contributed by atoms with Gasteiger partial charge in [-0.15, -0.1) is 0 Å². The van der Waals surface area contributed by atoms with Gasteiger partial charge < -0.3 is 14.7 Å². The van der Waals surface area contributed by atoms with Gasteiger partial charge in [0.25, 0.3) is 5.56 Å². The minimum atomic E-state index is -0.877. The lowest BCUT2D eigenvalue weighted by Gasteiger charge is -2.10. The molecule has 0 fully saturated rings. The number of hydrogen-bond acceptors (Lipinski definition) is 5. The zero-order valence-corrected chi connectivity index (χ0v) is 13.7. The van der Waals surface area contributed by atoms with Gasteiger partial charge in [0.05, 0.1) is 13.2 Å².